The fourth-order valence-corrected chi connectivity index (χ4v) is 1.83. The van der Waals surface area contributed by atoms with Gasteiger partial charge in [0.25, 0.3) is 0 Å². The molecule has 0 saturated heterocycles. The van der Waals surface area contributed by atoms with Crippen LogP contribution >= 0.6 is 0 Å². The molecule has 0 amide bonds. The van der Waals surface area contributed by atoms with E-state index >= 15 is 0 Å². The highest BCUT2D eigenvalue weighted by Crippen LogP contribution is 2.28. The Kier molecular flexibility index (Phi) is 2.77. The number of fused-ring (bicyclic) bond motifs is 1. The molecular formula is C13H12O3. The van der Waals surface area contributed by atoms with Gasteiger partial charge in [0.05, 0.1) is 13.5 Å². The molecule has 2 aromatic rings. The van der Waals surface area contributed by atoms with Crippen molar-refractivity contribution >= 4 is 16.7 Å². The first-order valence-corrected chi connectivity index (χ1v) is 4.99. The van der Waals surface area contributed by atoms with Crippen molar-refractivity contribution in [2.24, 2.45) is 0 Å². The van der Waals surface area contributed by atoms with Crippen LogP contribution in [0.3, 0.4) is 0 Å². The second-order valence-corrected chi connectivity index (χ2v) is 3.54. The van der Waals surface area contributed by atoms with Crippen molar-refractivity contribution < 1.29 is 14.6 Å². The third-order valence-corrected chi connectivity index (χ3v) is 2.54. The highest BCUT2D eigenvalue weighted by molar-refractivity contribution is 5.93. The molecule has 16 heavy (non-hydrogen) atoms. The van der Waals surface area contributed by atoms with Crippen molar-refractivity contribution in [2.75, 3.05) is 7.11 Å². The van der Waals surface area contributed by atoms with Gasteiger partial charge in [-0.1, -0.05) is 30.3 Å². The molecule has 2 aromatic carbocycles. The Morgan fingerprint density at radius 1 is 1.19 bits per heavy atom. The fourth-order valence-electron chi connectivity index (χ4n) is 1.83. The first kappa shape index (κ1) is 10.5. The molecule has 0 saturated carbocycles. The Balaban J connectivity index is 2.64. The zero-order valence-electron chi connectivity index (χ0n) is 8.93. The van der Waals surface area contributed by atoms with Crippen LogP contribution in [0.4, 0.5) is 0 Å². The van der Waals surface area contributed by atoms with Crippen LogP contribution in [0.15, 0.2) is 36.4 Å². The monoisotopic (exact) mass is 216 g/mol. The number of hydrogen-bond donors (Lipinski definition) is 1. The zero-order chi connectivity index (χ0) is 11.5. The predicted octanol–water partition coefficient (Wildman–Crippen LogP) is 2.48. The summed E-state index contributed by atoms with van der Waals surface area (Å²) in [6, 6.07) is 11.3. The molecule has 0 aromatic heterocycles. The van der Waals surface area contributed by atoms with Gasteiger partial charge < -0.3 is 9.84 Å². The number of benzene rings is 2. The summed E-state index contributed by atoms with van der Waals surface area (Å²) in [6.07, 6.45) is 0.0322. The third kappa shape index (κ3) is 1.84. The van der Waals surface area contributed by atoms with Crippen LogP contribution in [0.5, 0.6) is 5.75 Å². The van der Waals surface area contributed by atoms with Crippen molar-refractivity contribution in [3.05, 3.63) is 42.0 Å². The lowest BCUT2D eigenvalue weighted by Gasteiger charge is -2.08. The fraction of sp³-hybridized carbons (Fsp3) is 0.154. The normalized spacial score (nSPS) is 10.3. The molecule has 0 fully saturated rings. The van der Waals surface area contributed by atoms with Crippen molar-refractivity contribution in [1.82, 2.24) is 0 Å². The van der Waals surface area contributed by atoms with E-state index in [1.165, 1.54) is 0 Å². The van der Waals surface area contributed by atoms with E-state index in [4.69, 9.17) is 9.84 Å². The van der Waals surface area contributed by atoms with E-state index < -0.39 is 5.97 Å². The summed E-state index contributed by atoms with van der Waals surface area (Å²) in [5, 5.41) is 10.7. The van der Waals surface area contributed by atoms with Gasteiger partial charge >= 0.3 is 5.97 Å². The number of hydrogen-bond acceptors (Lipinski definition) is 2. The van der Waals surface area contributed by atoms with Gasteiger partial charge in [-0.3, -0.25) is 4.79 Å². The lowest BCUT2D eigenvalue weighted by molar-refractivity contribution is -0.136. The summed E-state index contributed by atoms with van der Waals surface area (Å²) < 4.78 is 5.24. The molecule has 0 aliphatic heterocycles. The number of carboxylic acids is 1. The largest absolute Gasteiger partial charge is 0.496 e. The van der Waals surface area contributed by atoms with Crippen LogP contribution in [0.1, 0.15) is 5.56 Å². The molecule has 0 atom stereocenters. The molecule has 2 rings (SSSR count). The van der Waals surface area contributed by atoms with Gasteiger partial charge in [0, 0.05) is 5.39 Å². The van der Waals surface area contributed by atoms with Crippen LogP contribution in [-0.4, -0.2) is 18.2 Å². The van der Waals surface area contributed by atoms with Crippen LogP contribution in [0, 0.1) is 0 Å². The van der Waals surface area contributed by atoms with Gasteiger partial charge in [-0.25, -0.2) is 0 Å². The minimum atomic E-state index is -0.824. The SMILES string of the molecule is COc1ccc(CC(=O)O)c2ccccc12. The molecule has 0 heterocycles. The van der Waals surface area contributed by atoms with Gasteiger partial charge in [-0.2, -0.15) is 0 Å². The van der Waals surface area contributed by atoms with Gasteiger partial charge in [0.15, 0.2) is 0 Å². The zero-order valence-corrected chi connectivity index (χ0v) is 8.93. The van der Waals surface area contributed by atoms with E-state index in [9.17, 15) is 4.79 Å². The Bertz CT molecular complexity index is 532. The quantitative estimate of drug-likeness (QED) is 0.857. The summed E-state index contributed by atoms with van der Waals surface area (Å²) >= 11 is 0. The number of rotatable bonds is 3. The maximum Gasteiger partial charge on any atom is 0.307 e. The van der Waals surface area contributed by atoms with E-state index in [1.807, 2.05) is 24.3 Å². The summed E-state index contributed by atoms with van der Waals surface area (Å²) in [7, 11) is 1.61. The topological polar surface area (TPSA) is 46.5 Å². The van der Waals surface area contributed by atoms with Gasteiger partial charge in [0.1, 0.15) is 5.75 Å². The first-order chi connectivity index (χ1) is 7.72. The Morgan fingerprint density at radius 3 is 2.50 bits per heavy atom. The molecule has 1 N–H and O–H groups in total. The molecule has 3 nitrogen and oxygen atoms in total. The minimum Gasteiger partial charge on any atom is -0.496 e. The van der Waals surface area contributed by atoms with Gasteiger partial charge in [-0.05, 0) is 17.0 Å². The second-order valence-electron chi connectivity index (χ2n) is 3.54. The Hall–Kier alpha value is -2.03. The predicted molar refractivity (Wildman–Crippen MR) is 61.8 cm³/mol. The van der Waals surface area contributed by atoms with Gasteiger partial charge in [0.2, 0.25) is 0 Å². The van der Waals surface area contributed by atoms with Crippen molar-refractivity contribution in [2.45, 2.75) is 6.42 Å². The number of carboxylic acid groups (broad SMARTS) is 1. The van der Waals surface area contributed by atoms with E-state index in [2.05, 4.69) is 0 Å². The van der Waals surface area contributed by atoms with Crippen LogP contribution in [0.2, 0.25) is 0 Å². The van der Waals surface area contributed by atoms with Crippen molar-refractivity contribution in [1.29, 1.82) is 0 Å². The van der Waals surface area contributed by atoms with Gasteiger partial charge in [-0.15, -0.1) is 0 Å². The average molecular weight is 216 g/mol. The smallest absolute Gasteiger partial charge is 0.307 e. The van der Waals surface area contributed by atoms with E-state index in [1.54, 1.807) is 19.2 Å². The van der Waals surface area contributed by atoms with Crippen LogP contribution < -0.4 is 4.74 Å². The first-order valence-electron chi connectivity index (χ1n) is 4.99. The summed E-state index contributed by atoms with van der Waals surface area (Å²) in [4.78, 5) is 10.7. The Labute approximate surface area is 93.3 Å². The van der Waals surface area contributed by atoms with Crippen LogP contribution in [0.25, 0.3) is 10.8 Å². The standard InChI is InChI=1S/C13H12O3/c1-16-12-7-6-9(8-13(14)15)10-4-2-3-5-11(10)12/h2-7H,8H2,1H3,(H,14,15). The molecule has 0 unspecified atom stereocenters. The lowest BCUT2D eigenvalue weighted by Crippen LogP contribution is -2.01. The highest BCUT2D eigenvalue weighted by Gasteiger charge is 2.08. The van der Waals surface area contributed by atoms with E-state index in [-0.39, 0.29) is 6.42 Å². The Morgan fingerprint density at radius 2 is 1.88 bits per heavy atom. The van der Waals surface area contributed by atoms with Crippen molar-refractivity contribution in [3.8, 4) is 5.75 Å². The average Bonchev–Trinajstić information content (AvgIpc) is 2.29. The summed E-state index contributed by atoms with van der Waals surface area (Å²) in [5.74, 6) is -0.0555. The summed E-state index contributed by atoms with van der Waals surface area (Å²) in [6.45, 7) is 0. The second kappa shape index (κ2) is 4.23. The molecular weight excluding hydrogens is 204 g/mol. The number of methoxy groups -OCH3 is 1. The number of aliphatic carboxylic acids is 1. The van der Waals surface area contributed by atoms with Crippen LogP contribution in [-0.2, 0) is 11.2 Å². The van der Waals surface area contributed by atoms with E-state index in [0.29, 0.717) is 0 Å². The molecule has 0 radical (unpaired) electrons. The number of ether oxygens (including phenoxy) is 1. The molecule has 82 valence electrons. The maximum atomic E-state index is 10.7. The maximum absolute atomic E-state index is 10.7. The highest BCUT2D eigenvalue weighted by atomic mass is 16.5. The minimum absolute atomic E-state index is 0.0322. The molecule has 0 aliphatic rings. The molecule has 0 aliphatic carbocycles. The molecule has 3 heteroatoms. The lowest BCUT2D eigenvalue weighted by atomic mass is 10.0. The number of carbonyl (C=O) groups is 1. The summed E-state index contributed by atoms with van der Waals surface area (Å²) in [5.41, 5.74) is 0.809. The van der Waals surface area contributed by atoms with Crippen molar-refractivity contribution in [3.63, 3.8) is 0 Å². The molecule has 0 bridgehead atoms. The van der Waals surface area contributed by atoms with E-state index in [0.717, 1.165) is 22.1 Å². The third-order valence-electron chi connectivity index (χ3n) is 2.54. The molecule has 0 spiro atoms.